The first-order valence-electron chi connectivity index (χ1n) is 10.6. The summed E-state index contributed by atoms with van der Waals surface area (Å²) in [6.07, 6.45) is 5.65. The molecule has 0 radical (unpaired) electrons. The van der Waals surface area contributed by atoms with Crippen molar-refractivity contribution < 1.29 is 10.2 Å². The largest absolute Gasteiger partial charge is 0.508 e. The lowest BCUT2D eigenvalue weighted by Gasteiger charge is -2.36. The number of phenolic OH excluding ortho intramolecular Hbond substituents is 1. The van der Waals surface area contributed by atoms with Crippen molar-refractivity contribution in [3.05, 3.63) is 64.7 Å². The molecule has 3 atom stereocenters. The first-order chi connectivity index (χ1) is 13.5. The maximum Gasteiger partial charge on any atom is 0.119 e. The smallest absolute Gasteiger partial charge is 0.119 e. The van der Waals surface area contributed by atoms with E-state index in [1.807, 2.05) is 6.07 Å². The summed E-state index contributed by atoms with van der Waals surface area (Å²) in [6, 6.07) is 14.8. The summed E-state index contributed by atoms with van der Waals surface area (Å²) in [5.74, 6) is 0.643. The molecule has 3 nitrogen and oxygen atoms in total. The van der Waals surface area contributed by atoms with Gasteiger partial charge in [-0.3, -0.25) is 0 Å². The molecule has 3 unspecified atom stereocenters. The second-order valence-electron chi connectivity index (χ2n) is 8.45. The highest BCUT2D eigenvalue weighted by Gasteiger charge is 2.32. The number of aryl methyl sites for hydroxylation is 1. The maximum atomic E-state index is 10.8. The molecule has 2 aromatic rings. The van der Waals surface area contributed by atoms with Gasteiger partial charge < -0.3 is 15.5 Å². The molecular weight excluding hydrogens is 346 g/mol. The second kappa shape index (κ2) is 8.00. The van der Waals surface area contributed by atoms with E-state index in [-0.39, 0.29) is 12.0 Å². The number of hydrogen-bond donors (Lipinski definition) is 3. The molecule has 28 heavy (non-hydrogen) atoms. The SMILES string of the molecule is CC1Nc2cc(C(C)CCCc3ccccc3)c(O)cc2C2=C1CCCC2O. The number of aliphatic hydroxyl groups excluding tert-OH is 1. The van der Waals surface area contributed by atoms with E-state index in [1.54, 1.807) is 0 Å². The van der Waals surface area contributed by atoms with Crippen LogP contribution in [0.4, 0.5) is 5.69 Å². The van der Waals surface area contributed by atoms with Gasteiger partial charge in [-0.25, -0.2) is 0 Å². The van der Waals surface area contributed by atoms with Crippen molar-refractivity contribution in [2.45, 2.75) is 70.4 Å². The van der Waals surface area contributed by atoms with Gasteiger partial charge in [-0.1, -0.05) is 37.3 Å². The van der Waals surface area contributed by atoms with E-state index in [2.05, 4.69) is 55.6 Å². The van der Waals surface area contributed by atoms with Gasteiger partial charge in [0.05, 0.1) is 6.10 Å². The van der Waals surface area contributed by atoms with Crippen molar-refractivity contribution in [3.8, 4) is 5.75 Å². The summed E-state index contributed by atoms with van der Waals surface area (Å²) in [4.78, 5) is 0. The number of hydrogen-bond acceptors (Lipinski definition) is 3. The maximum absolute atomic E-state index is 10.8. The fourth-order valence-electron chi connectivity index (χ4n) is 4.86. The summed E-state index contributed by atoms with van der Waals surface area (Å²) in [5.41, 5.74) is 6.75. The van der Waals surface area contributed by atoms with Crippen LogP contribution in [0, 0.1) is 0 Å². The van der Waals surface area contributed by atoms with Crippen LogP contribution in [-0.4, -0.2) is 22.4 Å². The molecule has 0 bridgehead atoms. The van der Waals surface area contributed by atoms with Crippen molar-refractivity contribution in [3.63, 3.8) is 0 Å². The summed E-state index contributed by atoms with van der Waals surface area (Å²) < 4.78 is 0. The van der Waals surface area contributed by atoms with E-state index >= 15 is 0 Å². The number of rotatable bonds is 5. The van der Waals surface area contributed by atoms with Crippen LogP contribution in [0.2, 0.25) is 0 Å². The highest BCUT2D eigenvalue weighted by molar-refractivity contribution is 5.86. The van der Waals surface area contributed by atoms with Crippen LogP contribution in [0.3, 0.4) is 0 Å². The number of phenols is 1. The van der Waals surface area contributed by atoms with E-state index in [1.165, 1.54) is 11.1 Å². The Morgan fingerprint density at radius 1 is 1.18 bits per heavy atom. The number of anilines is 1. The summed E-state index contributed by atoms with van der Waals surface area (Å²) >= 11 is 0. The van der Waals surface area contributed by atoms with Crippen LogP contribution >= 0.6 is 0 Å². The Balaban J connectivity index is 1.54. The van der Waals surface area contributed by atoms with Crippen LogP contribution in [0.25, 0.3) is 5.57 Å². The molecule has 0 saturated carbocycles. The van der Waals surface area contributed by atoms with Crippen LogP contribution in [0.15, 0.2) is 48.0 Å². The lowest BCUT2D eigenvalue weighted by molar-refractivity contribution is 0.211. The van der Waals surface area contributed by atoms with Crippen LogP contribution in [0.5, 0.6) is 5.75 Å². The minimum Gasteiger partial charge on any atom is -0.508 e. The minimum absolute atomic E-state index is 0.239. The molecule has 0 aromatic heterocycles. The van der Waals surface area contributed by atoms with Crippen molar-refractivity contribution in [1.82, 2.24) is 0 Å². The molecule has 0 saturated heterocycles. The molecule has 2 aliphatic rings. The average molecular weight is 378 g/mol. The van der Waals surface area contributed by atoms with E-state index in [9.17, 15) is 10.2 Å². The molecule has 148 valence electrons. The van der Waals surface area contributed by atoms with Gasteiger partial charge >= 0.3 is 0 Å². The molecule has 0 amide bonds. The summed E-state index contributed by atoms with van der Waals surface area (Å²) in [6.45, 7) is 4.37. The Morgan fingerprint density at radius 3 is 2.75 bits per heavy atom. The van der Waals surface area contributed by atoms with Gasteiger partial charge in [0.1, 0.15) is 5.75 Å². The molecule has 0 spiro atoms. The molecule has 0 fully saturated rings. The predicted molar refractivity (Wildman–Crippen MR) is 116 cm³/mol. The van der Waals surface area contributed by atoms with Crippen molar-refractivity contribution in [2.24, 2.45) is 0 Å². The molecule has 3 N–H and O–H groups in total. The van der Waals surface area contributed by atoms with Crippen LogP contribution in [-0.2, 0) is 6.42 Å². The highest BCUT2D eigenvalue weighted by Crippen LogP contribution is 2.45. The third-order valence-corrected chi connectivity index (χ3v) is 6.43. The van der Waals surface area contributed by atoms with Crippen molar-refractivity contribution in [1.29, 1.82) is 0 Å². The van der Waals surface area contributed by atoms with E-state index < -0.39 is 6.10 Å². The predicted octanol–water partition coefficient (Wildman–Crippen LogP) is 5.63. The first kappa shape index (κ1) is 19.1. The molecule has 3 heteroatoms. The van der Waals surface area contributed by atoms with Crippen LogP contribution < -0.4 is 5.32 Å². The number of aromatic hydroxyl groups is 1. The lowest BCUT2D eigenvalue weighted by atomic mass is 9.78. The summed E-state index contributed by atoms with van der Waals surface area (Å²) in [7, 11) is 0. The Morgan fingerprint density at radius 2 is 1.96 bits per heavy atom. The Bertz CT molecular complexity index is 872. The van der Waals surface area contributed by atoms with Gasteiger partial charge in [-0.2, -0.15) is 0 Å². The summed E-state index contributed by atoms with van der Waals surface area (Å²) in [5, 5.41) is 25.0. The van der Waals surface area contributed by atoms with Gasteiger partial charge in [-0.05, 0) is 85.8 Å². The third-order valence-electron chi connectivity index (χ3n) is 6.43. The highest BCUT2D eigenvalue weighted by atomic mass is 16.3. The number of fused-ring (bicyclic) bond motifs is 2. The van der Waals surface area contributed by atoms with E-state index in [0.717, 1.165) is 60.9 Å². The molecule has 2 aromatic carbocycles. The number of benzene rings is 2. The molecule has 1 aliphatic carbocycles. The minimum atomic E-state index is -0.416. The molecule has 1 heterocycles. The normalized spacial score (nSPS) is 22.2. The van der Waals surface area contributed by atoms with Gasteiger partial charge in [0.2, 0.25) is 0 Å². The average Bonchev–Trinajstić information content (AvgIpc) is 2.69. The lowest BCUT2D eigenvalue weighted by Crippen LogP contribution is -2.30. The first-order valence-corrected chi connectivity index (χ1v) is 10.6. The van der Waals surface area contributed by atoms with Gasteiger partial charge in [-0.15, -0.1) is 0 Å². The fraction of sp³-hybridized carbons (Fsp3) is 0.440. The Kier molecular flexibility index (Phi) is 5.45. The Labute approximate surface area is 168 Å². The monoisotopic (exact) mass is 377 g/mol. The standard InChI is InChI=1S/C25H31NO2/c1-16(8-6-11-18-9-4-3-5-10-18)20-14-22-21(15-24(20)28)25-19(17(2)26-22)12-7-13-23(25)27/h3-5,9-10,14-17,23,26-28H,6-8,11-13H2,1-2H3. The second-order valence-corrected chi connectivity index (χ2v) is 8.45. The fourth-order valence-corrected chi connectivity index (χ4v) is 4.86. The van der Waals surface area contributed by atoms with E-state index in [4.69, 9.17) is 0 Å². The topological polar surface area (TPSA) is 52.5 Å². The quantitative estimate of drug-likeness (QED) is 0.592. The molecule has 1 aliphatic heterocycles. The third kappa shape index (κ3) is 3.68. The molecular formula is C25H31NO2. The molecule has 4 rings (SSSR count). The zero-order chi connectivity index (χ0) is 19.7. The number of nitrogens with one attached hydrogen (secondary N) is 1. The van der Waals surface area contributed by atoms with Gasteiger partial charge in [0.15, 0.2) is 0 Å². The van der Waals surface area contributed by atoms with Crippen molar-refractivity contribution in [2.75, 3.05) is 5.32 Å². The Hall–Kier alpha value is -2.26. The van der Waals surface area contributed by atoms with E-state index in [0.29, 0.717) is 5.75 Å². The zero-order valence-electron chi connectivity index (χ0n) is 16.9. The zero-order valence-corrected chi connectivity index (χ0v) is 16.9. The van der Waals surface area contributed by atoms with Gasteiger partial charge in [0, 0.05) is 17.3 Å². The van der Waals surface area contributed by atoms with Crippen LogP contribution in [0.1, 0.15) is 68.6 Å². The van der Waals surface area contributed by atoms with Gasteiger partial charge in [0.25, 0.3) is 0 Å². The van der Waals surface area contributed by atoms with Crippen molar-refractivity contribution >= 4 is 11.3 Å². The number of aliphatic hydroxyl groups is 1.